The van der Waals surface area contributed by atoms with E-state index in [1.807, 2.05) is 19.1 Å². The van der Waals surface area contributed by atoms with Gasteiger partial charge in [0.1, 0.15) is 0 Å². The molecule has 124 valence electrons. The van der Waals surface area contributed by atoms with Gasteiger partial charge in [-0.25, -0.2) is 4.79 Å². The summed E-state index contributed by atoms with van der Waals surface area (Å²) in [5.74, 6) is -0.855. The number of carbonyl (C=O) groups is 1. The van der Waals surface area contributed by atoms with Gasteiger partial charge >= 0.3 is 5.97 Å². The third-order valence-electron chi connectivity index (χ3n) is 3.25. The molecule has 0 atom stereocenters. The SMILES string of the molecule is Cc1ccc(C)c(C(=O)O)c1.Cc1ccc(C)c(S(=O)(=O)O)c1. The summed E-state index contributed by atoms with van der Waals surface area (Å²) < 4.78 is 30.3. The maximum absolute atomic E-state index is 10.8. The molecule has 0 aromatic heterocycles. The second-order valence-electron chi connectivity index (χ2n) is 5.37. The molecule has 0 saturated carbocycles. The molecule has 0 amide bonds. The Morgan fingerprint density at radius 1 is 0.870 bits per heavy atom. The number of rotatable bonds is 2. The Bertz CT molecular complexity index is 823. The second-order valence-corrected chi connectivity index (χ2v) is 6.76. The number of carboxylic acid groups (broad SMARTS) is 1. The minimum Gasteiger partial charge on any atom is -0.478 e. The predicted molar refractivity (Wildman–Crippen MR) is 88.6 cm³/mol. The number of hydrogen-bond acceptors (Lipinski definition) is 3. The Morgan fingerprint density at radius 3 is 1.74 bits per heavy atom. The first-order chi connectivity index (χ1) is 10.5. The minimum atomic E-state index is -4.06. The first-order valence-electron chi connectivity index (χ1n) is 6.87. The van der Waals surface area contributed by atoms with Gasteiger partial charge in [-0.2, -0.15) is 8.42 Å². The summed E-state index contributed by atoms with van der Waals surface area (Å²) in [5.41, 5.74) is 3.55. The summed E-state index contributed by atoms with van der Waals surface area (Å²) in [6.07, 6.45) is 0. The molecular weight excluding hydrogens is 316 g/mol. The van der Waals surface area contributed by atoms with Gasteiger partial charge in [0.15, 0.2) is 0 Å². The monoisotopic (exact) mass is 336 g/mol. The van der Waals surface area contributed by atoms with E-state index >= 15 is 0 Å². The third kappa shape index (κ3) is 5.50. The van der Waals surface area contributed by atoms with Crippen LogP contribution in [-0.2, 0) is 10.1 Å². The van der Waals surface area contributed by atoms with E-state index in [9.17, 15) is 13.2 Å². The lowest BCUT2D eigenvalue weighted by atomic mass is 10.1. The summed E-state index contributed by atoms with van der Waals surface area (Å²) >= 11 is 0. The van der Waals surface area contributed by atoms with Crippen LogP contribution in [0.1, 0.15) is 32.6 Å². The second kappa shape index (κ2) is 7.39. The van der Waals surface area contributed by atoms with Gasteiger partial charge in [0.25, 0.3) is 10.1 Å². The Kier molecular flexibility index (Phi) is 6.06. The van der Waals surface area contributed by atoms with E-state index in [-0.39, 0.29) is 4.90 Å². The van der Waals surface area contributed by atoms with Crippen LogP contribution in [0.4, 0.5) is 0 Å². The van der Waals surface area contributed by atoms with Crippen LogP contribution in [0.25, 0.3) is 0 Å². The molecule has 2 aromatic rings. The number of carboxylic acids is 1. The van der Waals surface area contributed by atoms with Crippen LogP contribution in [0.15, 0.2) is 41.3 Å². The van der Waals surface area contributed by atoms with Crippen LogP contribution in [0, 0.1) is 27.7 Å². The Balaban J connectivity index is 0.000000231. The van der Waals surface area contributed by atoms with E-state index < -0.39 is 16.1 Å². The summed E-state index contributed by atoms with van der Waals surface area (Å²) in [4.78, 5) is 10.6. The fourth-order valence-electron chi connectivity index (χ4n) is 1.95. The molecule has 0 fully saturated rings. The van der Waals surface area contributed by atoms with E-state index in [2.05, 4.69) is 0 Å². The molecule has 2 aromatic carbocycles. The van der Waals surface area contributed by atoms with Crippen molar-refractivity contribution in [2.45, 2.75) is 32.6 Å². The van der Waals surface area contributed by atoms with Crippen molar-refractivity contribution in [3.8, 4) is 0 Å². The van der Waals surface area contributed by atoms with Crippen LogP contribution in [0.3, 0.4) is 0 Å². The number of benzene rings is 2. The van der Waals surface area contributed by atoms with E-state index in [1.54, 1.807) is 39.0 Å². The average molecular weight is 336 g/mol. The van der Waals surface area contributed by atoms with Crippen LogP contribution in [0.2, 0.25) is 0 Å². The van der Waals surface area contributed by atoms with Gasteiger partial charge in [0.05, 0.1) is 10.5 Å². The van der Waals surface area contributed by atoms with E-state index in [0.29, 0.717) is 11.1 Å². The molecule has 0 aliphatic rings. The normalized spacial score (nSPS) is 10.7. The highest BCUT2D eigenvalue weighted by Gasteiger charge is 2.12. The van der Waals surface area contributed by atoms with E-state index in [4.69, 9.17) is 9.66 Å². The minimum absolute atomic E-state index is 0.0116. The zero-order valence-electron chi connectivity index (χ0n) is 13.5. The molecule has 0 saturated heterocycles. The number of aromatic carboxylic acids is 1. The van der Waals surface area contributed by atoms with Crippen molar-refractivity contribution in [1.82, 2.24) is 0 Å². The molecule has 0 spiro atoms. The molecule has 2 rings (SSSR count). The van der Waals surface area contributed by atoms with Crippen molar-refractivity contribution in [2.24, 2.45) is 0 Å². The van der Waals surface area contributed by atoms with Crippen molar-refractivity contribution in [3.05, 3.63) is 64.2 Å². The fraction of sp³-hybridized carbons (Fsp3) is 0.235. The first-order valence-corrected chi connectivity index (χ1v) is 8.31. The van der Waals surface area contributed by atoms with Crippen molar-refractivity contribution in [1.29, 1.82) is 0 Å². The molecule has 5 nitrogen and oxygen atoms in total. The lowest BCUT2D eigenvalue weighted by molar-refractivity contribution is 0.0696. The van der Waals surface area contributed by atoms with Crippen molar-refractivity contribution in [3.63, 3.8) is 0 Å². The quantitative estimate of drug-likeness (QED) is 0.818. The standard InChI is InChI=1S/C9H10O2.C8H10O3S/c1-6-3-4-7(2)8(5-6)9(10)11;1-6-3-4-7(2)8(5-6)12(9,10)11/h3-5H,1-2H3,(H,10,11);3-5H,1-2H3,(H,9,10,11). The zero-order chi connectivity index (χ0) is 17.8. The van der Waals surface area contributed by atoms with Crippen LogP contribution >= 0.6 is 0 Å². The van der Waals surface area contributed by atoms with Gasteiger partial charge < -0.3 is 5.11 Å². The third-order valence-corrected chi connectivity index (χ3v) is 4.24. The first kappa shape index (κ1) is 18.9. The highest BCUT2D eigenvalue weighted by atomic mass is 32.2. The molecule has 23 heavy (non-hydrogen) atoms. The van der Waals surface area contributed by atoms with Gasteiger partial charge in [0, 0.05) is 0 Å². The molecular formula is C17H20O5S. The summed E-state index contributed by atoms with van der Waals surface area (Å²) in [6.45, 7) is 7.09. The average Bonchev–Trinajstić information content (AvgIpc) is 2.43. The molecule has 0 aliphatic heterocycles. The van der Waals surface area contributed by atoms with Gasteiger partial charge in [0.2, 0.25) is 0 Å². The number of aryl methyl sites for hydroxylation is 4. The Hall–Kier alpha value is -2.18. The predicted octanol–water partition coefficient (Wildman–Crippen LogP) is 3.55. The molecule has 2 N–H and O–H groups in total. The fourth-order valence-corrected chi connectivity index (χ4v) is 2.76. The Labute approximate surface area is 136 Å². The highest BCUT2D eigenvalue weighted by molar-refractivity contribution is 7.85. The van der Waals surface area contributed by atoms with E-state index in [0.717, 1.165) is 16.7 Å². The molecule has 0 unspecified atom stereocenters. The molecule has 0 aliphatic carbocycles. The maximum atomic E-state index is 10.8. The van der Waals surface area contributed by atoms with Crippen molar-refractivity contribution >= 4 is 16.1 Å². The van der Waals surface area contributed by atoms with Crippen LogP contribution in [0.5, 0.6) is 0 Å². The van der Waals surface area contributed by atoms with Gasteiger partial charge in [-0.3, -0.25) is 4.55 Å². The molecule has 0 bridgehead atoms. The van der Waals surface area contributed by atoms with Crippen LogP contribution < -0.4 is 0 Å². The van der Waals surface area contributed by atoms with Gasteiger partial charge in [-0.05, 0) is 56.5 Å². The zero-order valence-corrected chi connectivity index (χ0v) is 14.3. The Morgan fingerprint density at radius 2 is 1.35 bits per heavy atom. The maximum Gasteiger partial charge on any atom is 0.335 e. The van der Waals surface area contributed by atoms with Gasteiger partial charge in [-0.15, -0.1) is 0 Å². The molecule has 0 heterocycles. The lowest BCUT2D eigenvalue weighted by Crippen LogP contribution is -2.00. The number of hydrogen-bond donors (Lipinski definition) is 2. The lowest BCUT2D eigenvalue weighted by Gasteiger charge is -2.02. The summed E-state index contributed by atoms with van der Waals surface area (Å²) in [7, 11) is -4.06. The van der Waals surface area contributed by atoms with Crippen LogP contribution in [-0.4, -0.2) is 24.0 Å². The molecule has 6 heteroatoms. The van der Waals surface area contributed by atoms with Gasteiger partial charge in [-0.1, -0.05) is 29.8 Å². The summed E-state index contributed by atoms with van der Waals surface area (Å²) in [6, 6.07) is 10.3. The van der Waals surface area contributed by atoms with Crippen molar-refractivity contribution < 1.29 is 22.9 Å². The van der Waals surface area contributed by atoms with Crippen molar-refractivity contribution in [2.75, 3.05) is 0 Å². The topological polar surface area (TPSA) is 91.7 Å². The smallest absolute Gasteiger partial charge is 0.335 e. The van der Waals surface area contributed by atoms with E-state index in [1.165, 1.54) is 6.07 Å². The largest absolute Gasteiger partial charge is 0.478 e. The summed E-state index contributed by atoms with van der Waals surface area (Å²) in [5, 5.41) is 8.69. The highest BCUT2D eigenvalue weighted by Crippen LogP contribution is 2.15. The molecule has 0 radical (unpaired) electrons.